The quantitative estimate of drug-likeness (QED) is 0.427. The fourth-order valence-electron chi connectivity index (χ4n) is 3.89. The number of hydrogen-bond donors (Lipinski definition) is 0. The van der Waals surface area contributed by atoms with E-state index in [0.29, 0.717) is 35.1 Å². The van der Waals surface area contributed by atoms with E-state index in [9.17, 15) is 4.79 Å². The molecule has 5 rings (SSSR count). The third-order valence-corrected chi connectivity index (χ3v) is 6.50. The molecule has 0 N–H and O–H groups in total. The molecule has 0 atom stereocenters. The van der Waals surface area contributed by atoms with Gasteiger partial charge in [-0.2, -0.15) is 5.10 Å². The average molecular weight is 463 g/mol. The molecule has 9 heteroatoms. The second-order valence-electron chi connectivity index (χ2n) is 7.53. The van der Waals surface area contributed by atoms with Crippen LogP contribution in [0.4, 0.5) is 0 Å². The van der Waals surface area contributed by atoms with Crippen molar-refractivity contribution in [2.24, 2.45) is 0 Å². The molecule has 1 aliphatic heterocycles. The van der Waals surface area contributed by atoms with E-state index in [1.54, 1.807) is 34.5 Å². The SMILES string of the molecule is C#Cc1cnn(-c2ccc(Cl)cc2C(=O)N2CCCN2Cc2ccc3nc(C)sc3c2)n1. The van der Waals surface area contributed by atoms with Gasteiger partial charge in [0, 0.05) is 24.7 Å². The van der Waals surface area contributed by atoms with Gasteiger partial charge in [0.15, 0.2) is 5.69 Å². The van der Waals surface area contributed by atoms with Crippen molar-refractivity contribution in [3.05, 3.63) is 69.4 Å². The van der Waals surface area contributed by atoms with Gasteiger partial charge in [-0.05, 0) is 55.2 Å². The maximum absolute atomic E-state index is 13.6. The molecule has 0 bridgehead atoms. The summed E-state index contributed by atoms with van der Waals surface area (Å²) in [6.07, 6.45) is 7.80. The van der Waals surface area contributed by atoms with Crippen molar-refractivity contribution in [3.8, 4) is 18.0 Å². The van der Waals surface area contributed by atoms with E-state index >= 15 is 0 Å². The molecule has 0 saturated carbocycles. The van der Waals surface area contributed by atoms with Gasteiger partial charge in [-0.1, -0.05) is 17.7 Å². The van der Waals surface area contributed by atoms with Crippen LogP contribution in [-0.2, 0) is 6.54 Å². The Morgan fingerprint density at radius 2 is 2.12 bits per heavy atom. The number of nitrogens with zero attached hydrogens (tertiary/aromatic N) is 6. The van der Waals surface area contributed by atoms with Gasteiger partial charge in [-0.15, -0.1) is 27.7 Å². The number of aromatic nitrogens is 4. The first-order chi connectivity index (χ1) is 15.5. The third-order valence-electron chi connectivity index (χ3n) is 5.33. The molecular formula is C23H19ClN6OS. The van der Waals surface area contributed by atoms with Gasteiger partial charge in [-0.3, -0.25) is 9.80 Å². The summed E-state index contributed by atoms with van der Waals surface area (Å²) in [6, 6.07) is 11.4. The van der Waals surface area contributed by atoms with Crippen molar-refractivity contribution in [1.82, 2.24) is 30.0 Å². The molecule has 2 aromatic heterocycles. The molecule has 7 nitrogen and oxygen atoms in total. The van der Waals surface area contributed by atoms with Crippen LogP contribution in [0.3, 0.4) is 0 Å². The summed E-state index contributed by atoms with van der Waals surface area (Å²) in [6.45, 7) is 4.07. The van der Waals surface area contributed by atoms with Gasteiger partial charge in [0.1, 0.15) is 0 Å². The molecule has 0 aliphatic carbocycles. The zero-order valence-electron chi connectivity index (χ0n) is 17.3. The van der Waals surface area contributed by atoms with Crippen LogP contribution in [-0.4, -0.2) is 49.0 Å². The summed E-state index contributed by atoms with van der Waals surface area (Å²) in [5.41, 5.74) is 3.51. The fourth-order valence-corrected chi connectivity index (χ4v) is 4.95. The van der Waals surface area contributed by atoms with E-state index in [2.05, 4.69) is 38.2 Å². The van der Waals surface area contributed by atoms with Gasteiger partial charge in [0.25, 0.3) is 5.91 Å². The van der Waals surface area contributed by atoms with Crippen LogP contribution >= 0.6 is 22.9 Å². The molecule has 1 fully saturated rings. The Hall–Kier alpha value is -3.25. The van der Waals surface area contributed by atoms with E-state index in [4.69, 9.17) is 18.0 Å². The number of carbonyl (C=O) groups is 1. The second-order valence-corrected chi connectivity index (χ2v) is 9.20. The standard InChI is InChI=1S/C23H19ClN6OS/c1-3-18-13-25-30(27-18)21-8-6-17(24)12-19(21)23(31)29-10-4-9-28(29)14-16-5-7-20-22(11-16)32-15(2)26-20/h1,5-8,11-13H,4,9-10,14H2,2H3. The maximum Gasteiger partial charge on any atom is 0.270 e. The number of halogens is 1. The Balaban J connectivity index is 1.44. The minimum atomic E-state index is -0.144. The van der Waals surface area contributed by atoms with Gasteiger partial charge in [0.2, 0.25) is 0 Å². The summed E-state index contributed by atoms with van der Waals surface area (Å²) in [5.74, 6) is 2.31. The summed E-state index contributed by atoms with van der Waals surface area (Å²) in [4.78, 5) is 19.5. The molecular weight excluding hydrogens is 444 g/mol. The lowest BCUT2D eigenvalue weighted by atomic mass is 10.1. The molecule has 32 heavy (non-hydrogen) atoms. The topological polar surface area (TPSA) is 67.2 Å². The zero-order chi connectivity index (χ0) is 22.2. The Morgan fingerprint density at radius 1 is 1.25 bits per heavy atom. The first-order valence-corrected chi connectivity index (χ1v) is 11.3. The number of hydrogen-bond acceptors (Lipinski definition) is 6. The van der Waals surface area contributed by atoms with Gasteiger partial charge in [0.05, 0.1) is 32.7 Å². The summed E-state index contributed by atoms with van der Waals surface area (Å²) in [5, 5.41) is 13.8. The number of benzene rings is 2. The van der Waals surface area contributed by atoms with E-state index in [1.165, 1.54) is 11.0 Å². The van der Waals surface area contributed by atoms with Crippen molar-refractivity contribution < 1.29 is 4.79 Å². The number of fused-ring (bicyclic) bond motifs is 1. The van der Waals surface area contributed by atoms with Crippen LogP contribution in [0.2, 0.25) is 5.02 Å². The number of rotatable bonds is 4. The van der Waals surface area contributed by atoms with Crippen molar-refractivity contribution in [2.45, 2.75) is 19.9 Å². The highest BCUT2D eigenvalue weighted by Crippen LogP contribution is 2.26. The Bertz CT molecular complexity index is 1370. The van der Waals surface area contributed by atoms with Crippen LogP contribution in [0.25, 0.3) is 15.9 Å². The monoisotopic (exact) mass is 462 g/mol. The van der Waals surface area contributed by atoms with Crippen molar-refractivity contribution >= 4 is 39.1 Å². The normalized spacial score (nSPS) is 14.2. The highest BCUT2D eigenvalue weighted by molar-refractivity contribution is 7.18. The van der Waals surface area contributed by atoms with Crippen LogP contribution < -0.4 is 0 Å². The Morgan fingerprint density at radius 3 is 2.94 bits per heavy atom. The lowest BCUT2D eigenvalue weighted by molar-refractivity contribution is 0.0170. The summed E-state index contributed by atoms with van der Waals surface area (Å²) in [7, 11) is 0. The van der Waals surface area contributed by atoms with E-state index < -0.39 is 0 Å². The molecule has 1 aliphatic rings. The third kappa shape index (κ3) is 3.86. The molecule has 3 heterocycles. The minimum Gasteiger partial charge on any atom is -0.271 e. The minimum absolute atomic E-state index is 0.144. The molecule has 2 aromatic carbocycles. The first-order valence-electron chi connectivity index (χ1n) is 10.1. The van der Waals surface area contributed by atoms with Crippen molar-refractivity contribution in [2.75, 3.05) is 13.1 Å². The number of amides is 1. The first kappa shape index (κ1) is 20.6. The van der Waals surface area contributed by atoms with Crippen molar-refractivity contribution in [1.29, 1.82) is 0 Å². The number of aryl methyl sites for hydroxylation is 1. The van der Waals surface area contributed by atoms with Crippen LogP contribution in [0.1, 0.15) is 33.0 Å². The second kappa shape index (κ2) is 8.36. The number of thiazole rings is 1. The molecule has 0 radical (unpaired) electrons. The van der Waals surface area contributed by atoms with Crippen molar-refractivity contribution in [3.63, 3.8) is 0 Å². The van der Waals surface area contributed by atoms with Gasteiger partial charge in [-0.25, -0.2) is 9.99 Å². The summed E-state index contributed by atoms with van der Waals surface area (Å²) >= 11 is 7.92. The van der Waals surface area contributed by atoms with Crippen LogP contribution in [0.5, 0.6) is 0 Å². The number of carbonyl (C=O) groups excluding carboxylic acids is 1. The lowest BCUT2D eigenvalue weighted by Gasteiger charge is -2.28. The highest BCUT2D eigenvalue weighted by Gasteiger charge is 2.30. The average Bonchev–Trinajstić information content (AvgIpc) is 3.52. The van der Waals surface area contributed by atoms with Gasteiger partial charge < -0.3 is 0 Å². The largest absolute Gasteiger partial charge is 0.271 e. The smallest absolute Gasteiger partial charge is 0.270 e. The highest BCUT2D eigenvalue weighted by atomic mass is 35.5. The molecule has 0 unspecified atom stereocenters. The molecule has 4 aromatic rings. The molecule has 1 saturated heterocycles. The van der Waals surface area contributed by atoms with E-state index in [0.717, 1.165) is 33.8 Å². The maximum atomic E-state index is 13.6. The van der Waals surface area contributed by atoms with E-state index in [1.807, 2.05) is 13.0 Å². The Kier molecular flexibility index (Phi) is 5.39. The predicted molar refractivity (Wildman–Crippen MR) is 125 cm³/mol. The van der Waals surface area contributed by atoms with E-state index in [-0.39, 0.29) is 5.91 Å². The molecule has 1 amide bonds. The van der Waals surface area contributed by atoms with Gasteiger partial charge >= 0.3 is 0 Å². The zero-order valence-corrected chi connectivity index (χ0v) is 18.9. The lowest BCUT2D eigenvalue weighted by Crippen LogP contribution is -2.41. The summed E-state index contributed by atoms with van der Waals surface area (Å²) < 4.78 is 1.16. The molecule has 160 valence electrons. The fraction of sp³-hybridized carbons (Fsp3) is 0.217. The predicted octanol–water partition coefficient (Wildman–Crippen LogP) is 4.08. The molecule has 0 spiro atoms. The Labute approximate surface area is 194 Å². The van der Waals surface area contributed by atoms with Crippen LogP contribution in [0, 0.1) is 19.3 Å². The number of terminal acetylenes is 1. The van der Waals surface area contributed by atoms with Crippen LogP contribution in [0.15, 0.2) is 42.6 Å². The number of hydrazine groups is 1.